The fraction of sp³-hybridized carbons (Fsp3) is 0.375. The van der Waals surface area contributed by atoms with E-state index in [4.69, 9.17) is 11.5 Å². The van der Waals surface area contributed by atoms with Crippen LogP contribution in [0.2, 0.25) is 0 Å². The van der Waals surface area contributed by atoms with Crippen molar-refractivity contribution in [3.63, 3.8) is 0 Å². The average Bonchev–Trinajstić information content (AvgIpc) is 2.94. The van der Waals surface area contributed by atoms with Gasteiger partial charge in [0.2, 0.25) is 0 Å². The predicted molar refractivity (Wildman–Crippen MR) is 155 cm³/mol. The Morgan fingerprint density at radius 1 is 0.692 bits per heavy atom. The molecule has 3 aromatic carbocycles. The molecule has 0 aliphatic heterocycles. The van der Waals surface area contributed by atoms with E-state index < -0.39 is 23.8 Å². The van der Waals surface area contributed by atoms with Crippen LogP contribution in [-0.2, 0) is 29.0 Å². The molecule has 0 heterocycles. The van der Waals surface area contributed by atoms with Crippen LogP contribution in [0.25, 0.3) is 11.1 Å². The highest BCUT2D eigenvalue weighted by Crippen LogP contribution is 2.26. The van der Waals surface area contributed by atoms with Crippen LogP contribution in [0.1, 0.15) is 42.4 Å². The molecule has 7 heteroatoms. The molecule has 0 aliphatic carbocycles. The number of carbonyl (C=O) groups is 2. The van der Waals surface area contributed by atoms with Crippen molar-refractivity contribution < 1.29 is 19.8 Å². The molecule has 208 valence electrons. The molecule has 7 N–H and O–H groups in total. The van der Waals surface area contributed by atoms with Gasteiger partial charge in [0.15, 0.2) is 0 Å². The first kappa shape index (κ1) is 30.0. The Labute approximate surface area is 231 Å². The van der Waals surface area contributed by atoms with E-state index in [1.807, 2.05) is 54.6 Å². The smallest absolute Gasteiger partial charge is 0.307 e. The molecule has 0 saturated carbocycles. The Morgan fingerprint density at radius 2 is 1.18 bits per heavy atom. The fourth-order valence-electron chi connectivity index (χ4n) is 4.82. The van der Waals surface area contributed by atoms with Crippen molar-refractivity contribution in [1.82, 2.24) is 5.32 Å². The number of nitrogens with one attached hydrogen (secondary N) is 1. The highest BCUT2D eigenvalue weighted by atomic mass is 16.4. The molecule has 0 fully saturated rings. The minimum Gasteiger partial charge on any atom is -0.481 e. The lowest BCUT2D eigenvalue weighted by Crippen LogP contribution is -2.33. The quantitative estimate of drug-likeness (QED) is 0.162. The van der Waals surface area contributed by atoms with Crippen LogP contribution in [0.5, 0.6) is 0 Å². The van der Waals surface area contributed by atoms with Crippen LogP contribution < -0.4 is 16.8 Å². The summed E-state index contributed by atoms with van der Waals surface area (Å²) >= 11 is 0. The minimum absolute atomic E-state index is 0.155. The van der Waals surface area contributed by atoms with Crippen molar-refractivity contribution in [3.8, 4) is 11.1 Å². The molecule has 0 spiro atoms. The molecule has 7 nitrogen and oxygen atoms in total. The van der Waals surface area contributed by atoms with Gasteiger partial charge in [0.25, 0.3) is 0 Å². The van der Waals surface area contributed by atoms with Gasteiger partial charge in [-0.3, -0.25) is 9.59 Å². The summed E-state index contributed by atoms with van der Waals surface area (Å²) in [6.45, 7) is 2.41. The van der Waals surface area contributed by atoms with Crippen molar-refractivity contribution in [2.45, 2.75) is 51.1 Å². The average molecular weight is 532 g/mol. The Kier molecular flexibility index (Phi) is 12.2. The van der Waals surface area contributed by atoms with Gasteiger partial charge in [-0.15, -0.1) is 0 Å². The van der Waals surface area contributed by atoms with Crippen molar-refractivity contribution in [3.05, 3.63) is 95.6 Å². The molecular weight excluding hydrogens is 490 g/mol. The number of hydrogen-bond donors (Lipinski definition) is 5. The monoisotopic (exact) mass is 531 g/mol. The fourth-order valence-corrected chi connectivity index (χ4v) is 4.82. The summed E-state index contributed by atoms with van der Waals surface area (Å²) in [5.74, 6) is -4.23. The lowest BCUT2D eigenvalue weighted by molar-refractivity contribution is -0.153. The highest BCUT2D eigenvalue weighted by Gasteiger charge is 2.34. The lowest BCUT2D eigenvalue weighted by atomic mass is 9.82. The molecule has 1 unspecified atom stereocenters. The van der Waals surface area contributed by atoms with Crippen molar-refractivity contribution in [1.29, 1.82) is 0 Å². The predicted octanol–water partition coefficient (Wildman–Crippen LogP) is 4.48. The normalized spacial score (nSPS) is 13.5. The first-order valence-electron chi connectivity index (χ1n) is 13.7. The molecular formula is C32H41N3O4. The maximum absolute atomic E-state index is 12.1. The Bertz CT molecular complexity index is 1150. The van der Waals surface area contributed by atoms with Gasteiger partial charge >= 0.3 is 11.9 Å². The summed E-state index contributed by atoms with van der Waals surface area (Å²) in [7, 11) is 0. The van der Waals surface area contributed by atoms with Gasteiger partial charge in [-0.25, -0.2) is 0 Å². The van der Waals surface area contributed by atoms with Gasteiger partial charge in [-0.05, 0) is 79.4 Å². The first-order valence-corrected chi connectivity index (χ1v) is 13.7. The second kappa shape index (κ2) is 15.8. The number of benzene rings is 3. The SMILES string of the molecule is NCCCC(N)CCCNCc1ccc(-c2ccc(C[C@H](C(=O)O)[C@H](Cc3ccccc3)C(=O)O)cc2)cc1. The van der Waals surface area contributed by atoms with Crippen molar-refractivity contribution in [2.75, 3.05) is 13.1 Å². The number of hydrogen-bond acceptors (Lipinski definition) is 5. The van der Waals surface area contributed by atoms with Gasteiger partial charge in [0.1, 0.15) is 0 Å². The molecule has 0 aromatic heterocycles. The molecule has 3 rings (SSSR count). The summed E-state index contributed by atoms with van der Waals surface area (Å²) in [5, 5.41) is 23.1. The number of carboxylic acids is 2. The molecule has 0 radical (unpaired) electrons. The molecule has 3 atom stereocenters. The Hall–Kier alpha value is -3.52. The van der Waals surface area contributed by atoms with Gasteiger partial charge in [0.05, 0.1) is 11.8 Å². The van der Waals surface area contributed by atoms with Crippen LogP contribution in [0.15, 0.2) is 78.9 Å². The van der Waals surface area contributed by atoms with Gasteiger partial charge in [-0.2, -0.15) is 0 Å². The molecule has 39 heavy (non-hydrogen) atoms. The zero-order valence-electron chi connectivity index (χ0n) is 22.5. The summed E-state index contributed by atoms with van der Waals surface area (Å²) in [6.07, 6.45) is 4.33. The maximum atomic E-state index is 12.1. The highest BCUT2D eigenvalue weighted by molar-refractivity contribution is 5.80. The van der Waals surface area contributed by atoms with E-state index in [1.54, 1.807) is 0 Å². The summed E-state index contributed by atoms with van der Waals surface area (Å²) in [6, 6.07) is 25.4. The molecule has 0 saturated heterocycles. The number of carboxylic acid groups (broad SMARTS) is 2. The summed E-state index contributed by atoms with van der Waals surface area (Å²) in [4.78, 5) is 24.1. The third kappa shape index (κ3) is 9.94. The van der Waals surface area contributed by atoms with Gasteiger partial charge in [0, 0.05) is 12.6 Å². The third-order valence-electron chi connectivity index (χ3n) is 7.15. The van der Waals surface area contributed by atoms with E-state index in [0.29, 0.717) is 6.54 Å². The van der Waals surface area contributed by atoms with Crippen LogP contribution in [-0.4, -0.2) is 41.3 Å². The van der Waals surface area contributed by atoms with E-state index in [0.717, 1.165) is 61.0 Å². The van der Waals surface area contributed by atoms with E-state index in [-0.39, 0.29) is 18.9 Å². The summed E-state index contributed by atoms with van der Waals surface area (Å²) < 4.78 is 0. The minimum atomic E-state index is -1.10. The zero-order chi connectivity index (χ0) is 28.0. The second-order valence-electron chi connectivity index (χ2n) is 10.2. The summed E-state index contributed by atoms with van der Waals surface area (Å²) in [5.41, 5.74) is 16.5. The van der Waals surface area contributed by atoms with Crippen molar-refractivity contribution >= 4 is 11.9 Å². The maximum Gasteiger partial charge on any atom is 0.307 e. The van der Waals surface area contributed by atoms with Crippen molar-refractivity contribution in [2.24, 2.45) is 23.3 Å². The molecule has 3 aromatic rings. The first-order chi connectivity index (χ1) is 18.9. The van der Waals surface area contributed by atoms with E-state index >= 15 is 0 Å². The van der Waals surface area contributed by atoms with Gasteiger partial charge < -0.3 is 27.0 Å². The lowest BCUT2D eigenvalue weighted by Gasteiger charge is -2.21. The Balaban J connectivity index is 1.54. The van der Waals surface area contributed by atoms with E-state index in [9.17, 15) is 19.8 Å². The number of aliphatic carboxylic acids is 2. The Morgan fingerprint density at radius 3 is 1.69 bits per heavy atom. The second-order valence-corrected chi connectivity index (χ2v) is 10.2. The number of nitrogens with two attached hydrogens (primary N) is 2. The van der Waals surface area contributed by atoms with Crippen LogP contribution in [0.4, 0.5) is 0 Å². The van der Waals surface area contributed by atoms with Crippen LogP contribution >= 0.6 is 0 Å². The molecule has 0 aliphatic rings. The van der Waals surface area contributed by atoms with Crippen LogP contribution in [0, 0.1) is 11.8 Å². The zero-order valence-corrected chi connectivity index (χ0v) is 22.5. The molecule has 0 amide bonds. The molecule has 0 bridgehead atoms. The largest absolute Gasteiger partial charge is 0.481 e. The number of rotatable bonds is 17. The van der Waals surface area contributed by atoms with E-state index in [1.165, 1.54) is 5.56 Å². The van der Waals surface area contributed by atoms with E-state index in [2.05, 4.69) is 29.6 Å². The van der Waals surface area contributed by atoms with Crippen LogP contribution in [0.3, 0.4) is 0 Å². The topological polar surface area (TPSA) is 139 Å². The standard InChI is InChI=1S/C32H41N3O4/c33-18-4-8-28(34)9-5-19-35-22-25-12-16-27(17-13-25)26-14-10-24(11-15-26)21-30(32(38)39)29(31(36)37)20-23-6-2-1-3-7-23/h1-3,6-7,10-17,28-30,35H,4-5,8-9,18-22,33-34H2,(H,36,37)(H,38,39)/t28?,29-,30-/m0/s1. The van der Waals surface area contributed by atoms with Gasteiger partial charge in [-0.1, -0.05) is 78.9 Å². The third-order valence-corrected chi connectivity index (χ3v) is 7.15.